The molecule has 0 bridgehead atoms. The van der Waals surface area contributed by atoms with Crippen molar-refractivity contribution >= 4 is 0 Å². The van der Waals surface area contributed by atoms with Crippen molar-refractivity contribution in [1.82, 2.24) is 29.9 Å². The molecule has 0 aliphatic rings. The zero-order valence-corrected chi connectivity index (χ0v) is 29.2. The summed E-state index contributed by atoms with van der Waals surface area (Å²) < 4.78 is 0. The molecular formula is C48H32N6. The largest absolute Gasteiger partial charge is 0.208 e. The van der Waals surface area contributed by atoms with Gasteiger partial charge in [0.05, 0.1) is 0 Å². The first-order valence-corrected chi connectivity index (χ1v) is 17.8. The van der Waals surface area contributed by atoms with Gasteiger partial charge in [0.1, 0.15) is 0 Å². The first kappa shape index (κ1) is 32.5. The second kappa shape index (κ2) is 14.7. The fourth-order valence-electron chi connectivity index (χ4n) is 6.43. The molecule has 7 aromatic carbocycles. The van der Waals surface area contributed by atoms with Crippen molar-refractivity contribution in [2.45, 2.75) is 0 Å². The van der Waals surface area contributed by atoms with E-state index < -0.39 is 0 Å². The number of benzene rings is 7. The zero-order valence-electron chi connectivity index (χ0n) is 29.2. The number of rotatable bonds is 8. The molecule has 0 amide bonds. The summed E-state index contributed by atoms with van der Waals surface area (Å²) in [6.07, 6.45) is 0. The van der Waals surface area contributed by atoms with Gasteiger partial charge in [-0.15, -0.1) is 0 Å². The van der Waals surface area contributed by atoms with E-state index >= 15 is 0 Å². The van der Waals surface area contributed by atoms with Gasteiger partial charge in [-0.2, -0.15) is 0 Å². The molecule has 6 nitrogen and oxygen atoms in total. The van der Waals surface area contributed by atoms with Crippen LogP contribution in [0, 0.1) is 0 Å². The molecule has 0 atom stereocenters. The van der Waals surface area contributed by atoms with Crippen LogP contribution in [-0.2, 0) is 0 Å². The van der Waals surface area contributed by atoms with E-state index in [9.17, 15) is 0 Å². The number of hydrogen-bond donors (Lipinski definition) is 0. The van der Waals surface area contributed by atoms with Crippen LogP contribution in [0.25, 0.3) is 90.6 Å². The molecule has 0 N–H and O–H groups in total. The molecule has 0 radical (unpaired) electrons. The molecule has 9 aromatic rings. The first-order chi connectivity index (χ1) is 26.7. The van der Waals surface area contributed by atoms with Crippen molar-refractivity contribution in [2.24, 2.45) is 0 Å². The van der Waals surface area contributed by atoms with Crippen LogP contribution in [0.15, 0.2) is 194 Å². The van der Waals surface area contributed by atoms with Crippen LogP contribution < -0.4 is 0 Å². The molecule has 0 aliphatic heterocycles. The fraction of sp³-hybridized carbons (Fsp3) is 0. The Morgan fingerprint density at radius 2 is 0.407 bits per heavy atom. The third kappa shape index (κ3) is 6.92. The minimum atomic E-state index is 0.593. The van der Waals surface area contributed by atoms with Gasteiger partial charge in [-0.1, -0.05) is 170 Å². The molecule has 0 aliphatic carbocycles. The molecule has 0 unspecified atom stereocenters. The van der Waals surface area contributed by atoms with Crippen LogP contribution in [0.1, 0.15) is 0 Å². The van der Waals surface area contributed by atoms with Gasteiger partial charge in [-0.05, 0) is 46.5 Å². The highest BCUT2D eigenvalue weighted by Gasteiger charge is 2.16. The smallest absolute Gasteiger partial charge is 0.164 e. The van der Waals surface area contributed by atoms with Crippen molar-refractivity contribution in [3.05, 3.63) is 194 Å². The van der Waals surface area contributed by atoms with E-state index in [4.69, 9.17) is 29.9 Å². The second-order valence-electron chi connectivity index (χ2n) is 12.8. The first-order valence-electron chi connectivity index (χ1n) is 17.8. The van der Waals surface area contributed by atoms with Gasteiger partial charge in [0.2, 0.25) is 0 Å². The van der Waals surface area contributed by atoms with E-state index in [0.29, 0.717) is 34.9 Å². The predicted octanol–water partition coefficient (Wildman–Crippen LogP) is 11.4. The van der Waals surface area contributed by atoms with Crippen LogP contribution >= 0.6 is 0 Å². The maximum Gasteiger partial charge on any atom is 0.164 e. The molecule has 0 spiro atoms. The predicted molar refractivity (Wildman–Crippen MR) is 217 cm³/mol. The Bertz CT molecular complexity index is 2570. The normalized spacial score (nSPS) is 11.0. The summed E-state index contributed by atoms with van der Waals surface area (Å²) in [5.41, 5.74) is 9.63. The third-order valence-corrected chi connectivity index (χ3v) is 9.15. The molecule has 2 aromatic heterocycles. The molecule has 0 fully saturated rings. The topological polar surface area (TPSA) is 77.3 Å². The Morgan fingerprint density at radius 3 is 0.796 bits per heavy atom. The van der Waals surface area contributed by atoms with Crippen molar-refractivity contribution < 1.29 is 0 Å². The van der Waals surface area contributed by atoms with Gasteiger partial charge >= 0.3 is 0 Å². The van der Waals surface area contributed by atoms with E-state index in [1.807, 2.05) is 127 Å². The van der Waals surface area contributed by atoms with Crippen LogP contribution in [0.3, 0.4) is 0 Å². The maximum atomic E-state index is 5.06. The van der Waals surface area contributed by atoms with Crippen molar-refractivity contribution in [3.8, 4) is 90.6 Å². The van der Waals surface area contributed by atoms with Gasteiger partial charge in [0, 0.05) is 33.4 Å². The Hall–Kier alpha value is -7.44. The Labute approximate surface area is 313 Å². The van der Waals surface area contributed by atoms with E-state index in [2.05, 4.69) is 66.7 Å². The Kier molecular flexibility index (Phi) is 8.81. The molecule has 254 valence electrons. The van der Waals surface area contributed by atoms with Gasteiger partial charge in [0.25, 0.3) is 0 Å². The minimum Gasteiger partial charge on any atom is -0.208 e. The Morgan fingerprint density at radius 1 is 0.167 bits per heavy atom. The molecule has 9 rings (SSSR count). The maximum absolute atomic E-state index is 5.06. The van der Waals surface area contributed by atoms with Gasteiger partial charge in [-0.3, -0.25) is 0 Å². The summed E-state index contributed by atoms with van der Waals surface area (Å²) in [7, 11) is 0. The number of nitrogens with zero attached hydrogens (tertiary/aromatic N) is 6. The monoisotopic (exact) mass is 692 g/mol. The van der Waals surface area contributed by atoms with Crippen molar-refractivity contribution in [2.75, 3.05) is 0 Å². The summed E-state index contributed by atoms with van der Waals surface area (Å²) in [4.78, 5) is 29.9. The number of hydrogen-bond acceptors (Lipinski definition) is 6. The highest BCUT2D eigenvalue weighted by Crippen LogP contribution is 2.35. The van der Waals surface area contributed by atoms with E-state index in [0.717, 1.165) is 55.6 Å². The van der Waals surface area contributed by atoms with Crippen molar-refractivity contribution in [1.29, 1.82) is 0 Å². The SMILES string of the molecule is c1ccc(-c2cc(-c3cccc(-c4nc(-c5ccccc5)nc(-c5ccccc5)n4)c3)cc(-c3nc(-c4ccccc4)nc(-c4ccccc4)n3)c2)cc1. The summed E-state index contributed by atoms with van der Waals surface area (Å²) in [5.74, 6) is 3.67. The summed E-state index contributed by atoms with van der Waals surface area (Å²) in [6, 6.07) is 65.5. The highest BCUT2D eigenvalue weighted by atomic mass is 15.0. The third-order valence-electron chi connectivity index (χ3n) is 9.15. The second-order valence-corrected chi connectivity index (χ2v) is 12.8. The van der Waals surface area contributed by atoms with Gasteiger partial charge in [0.15, 0.2) is 34.9 Å². The fourth-order valence-corrected chi connectivity index (χ4v) is 6.43. The van der Waals surface area contributed by atoms with Crippen molar-refractivity contribution in [3.63, 3.8) is 0 Å². The lowest BCUT2D eigenvalue weighted by atomic mass is 9.95. The Balaban J connectivity index is 1.20. The number of aromatic nitrogens is 6. The van der Waals surface area contributed by atoms with Gasteiger partial charge in [-0.25, -0.2) is 29.9 Å². The average Bonchev–Trinajstić information content (AvgIpc) is 3.27. The molecule has 6 heteroatoms. The lowest BCUT2D eigenvalue weighted by molar-refractivity contribution is 1.07. The van der Waals surface area contributed by atoms with Crippen LogP contribution in [0.5, 0.6) is 0 Å². The van der Waals surface area contributed by atoms with E-state index in [-0.39, 0.29) is 0 Å². The quantitative estimate of drug-likeness (QED) is 0.158. The molecule has 0 saturated carbocycles. The van der Waals surface area contributed by atoms with E-state index in [1.54, 1.807) is 0 Å². The van der Waals surface area contributed by atoms with Crippen LogP contribution in [0.2, 0.25) is 0 Å². The van der Waals surface area contributed by atoms with Crippen LogP contribution in [-0.4, -0.2) is 29.9 Å². The molecule has 0 saturated heterocycles. The lowest BCUT2D eigenvalue weighted by Crippen LogP contribution is -2.01. The zero-order chi connectivity index (χ0) is 36.1. The summed E-state index contributed by atoms with van der Waals surface area (Å²) in [6.45, 7) is 0. The van der Waals surface area contributed by atoms with Gasteiger partial charge < -0.3 is 0 Å². The van der Waals surface area contributed by atoms with Crippen LogP contribution in [0.4, 0.5) is 0 Å². The minimum absolute atomic E-state index is 0.593. The standard InChI is InChI=1S/C48H32N6/c1-6-17-33(18-7-1)40-30-41(32-42(31-40)48-53-45(36-23-12-4-13-24-36)50-46(54-48)37-25-14-5-15-26-37)38-27-16-28-39(29-38)47-51-43(34-19-8-2-9-20-34)49-44(52-47)35-21-10-3-11-22-35/h1-32H. The van der Waals surface area contributed by atoms with E-state index in [1.165, 1.54) is 0 Å². The lowest BCUT2D eigenvalue weighted by Gasteiger charge is -2.13. The highest BCUT2D eigenvalue weighted by molar-refractivity contribution is 5.82. The molecule has 54 heavy (non-hydrogen) atoms. The summed E-state index contributed by atoms with van der Waals surface area (Å²) in [5, 5.41) is 0. The molecule has 2 heterocycles. The average molecular weight is 693 g/mol. The summed E-state index contributed by atoms with van der Waals surface area (Å²) >= 11 is 0. The molecular weight excluding hydrogens is 661 g/mol.